The minimum Gasteiger partial charge on any atom is -0.205 e. The zero-order valence-electron chi connectivity index (χ0n) is 21.7. The highest BCUT2D eigenvalue weighted by atomic mass is 35.5. The van der Waals surface area contributed by atoms with Crippen LogP contribution in [0.15, 0.2) is 36.4 Å². The molecule has 34 heavy (non-hydrogen) atoms. The van der Waals surface area contributed by atoms with Crippen LogP contribution in [0.2, 0.25) is 5.02 Å². The number of hydrogen-bond donors (Lipinski definition) is 0. The number of halogens is 2. The first-order valence-corrected chi connectivity index (χ1v) is 14.6. The Morgan fingerprint density at radius 3 is 2.00 bits per heavy atom. The largest absolute Gasteiger partial charge is 0.205 e. The van der Waals surface area contributed by atoms with Crippen molar-refractivity contribution in [2.24, 2.45) is 11.8 Å². The molecule has 0 aliphatic heterocycles. The molecule has 188 valence electrons. The predicted octanol–water partition coefficient (Wildman–Crippen LogP) is 11.0. The van der Waals surface area contributed by atoms with Crippen molar-refractivity contribution < 1.29 is 4.39 Å². The number of unbranched alkanes of at least 4 members (excludes halogenated alkanes) is 6. The van der Waals surface area contributed by atoms with Gasteiger partial charge in [-0.1, -0.05) is 139 Å². The minimum atomic E-state index is -0.258. The van der Waals surface area contributed by atoms with Gasteiger partial charge in [-0.2, -0.15) is 0 Å². The zero-order chi connectivity index (χ0) is 24.2. The number of aryl methyl sites for hydroxylation is 2. The lowest BCUT2D eigenvalue weighted by atomic mass is 9.77. The van der Waals surface area contributed by atoms with E-state index in [1.807, 2.05) is 6.07 Å². The van der Waals surface area contributed by atoms with Crippen LogP contribution in [0.4, 0.5) is 4.39 Å². The molecule has 1 saturated carbocycles. The van der Waals surface area contributed by atoms with Gasteiger partial charge in [-0.05, 0) is 54.2 Å². The van der Waals surface area contributed by atoms with Crippen molar-refractivity contribution in [3.05, 3.63) is 58.4 Å². The van der Waals surface area contributed by atoms with Crippen LogP contribution in [0.3, 0.4) is 0 Å². The van der Waals surface area contributed by atoms with Crippen LogP contribution >= 0.6 is 11.6 Å². The fraction of sp³-hybridized carbons (Fsp3) is 0.625. The van der Waals surface area contributed by atoms with Gasteiger partial charge in [0.1, 0.15) is 5.82 Å². The highest BCUT2D eigenvalue weighted by Gasteiger charge is 2.21. The Labute approximate surface area is 213 Å². The second-order valence-corrected chi connectivity index (χ2v) is 11.1. The van der Waals surface area contributed by atoms with Gasteiger partial charge in [0.15, 0.2) is 0 Å². The summed E-state index contributed by atoms with van der Waals surface area (Å²) >= 11 is 6.53. The summed E-state index contributed by atoms with van der Waals surface area (Å²) in [5.74, 6) is 1.46. The van der Waals surface area contributed by atoms with E-state index < -0.39 is 0 Å². The van der Waals surface area contributed by atoms with Gasteiger partial charge < -0.3 is 0 Å². The van der Waals surface area contributed by atoms with Gasteiger partial charge in [-0.15, -0.1) is 0 Å². The molecule has 1 aliphatic rings. The van der Waals surface area contributed by atoms with E-state index in [-0.39, 0.29) is 5.82 Å². The van der Waals surface area contributed by atoms with Crippen molar-refractivity contribution in [3.8, 4) is 11.1 Å². The van der Waals surface area contributed by atoms with Gasteiger partial charge in [0.25, 0.3) is 0 Å². The Morgan fingerprint density at radius 2 is 1.32 bits per heavy atom. The summed E-state index contributed by atoms with van der Waals surface area (Å²) in [7, 11) is 0. The van der Waals surface area contributed by atoms with Crippen molar-refractivity contribution >= 4 is 11.6 Å². The van der Waals surface area contributed by atoms with E-state index >= 15 is 4.39 Å². The van der Waals surface area contributed by atoms with Gasteiger partial charge in [0.2, 0.25) is 0 Å². The van der Waals surface area contributed by atoms with E-state index in [4.69, 9.17) is 11.6 Å². The van der Waals surface area contributed by atoms with Gasteiger partial charge in [-0.3, -0.25) is 0 Å². The average molecular weight is 485 g/mol. The minimum absolute atomic E-state index is 0.258. The molecule has 2 aromatic rings. The zero-order valence-corrected chi connectivity index (χ0v) is 22.4. The number of hydrogen-bond acceptors (Lipinski definition) is 0. The molecule has 3 rings (SSSR count). The average Bonchev–Trinajstić information content (AvgIpc) is 2.86. The lowest BCUT2D eigenvalue weighted by Crippen LogP contribution is -2.15. The van der Waals surface area contributed by atoms with E-state index in [0.29, 0.717) is 10.6 Å². The van der Waals surface area contributed by atoms with E-state index in [2.05, 4.69) is 44.2 Å². The summed E-state index contributed by atoms with van der Waals surface area (Å²) in [4.78, 5) is 0. The van der Waals surface area contributed by atoms with Crippen molar-refractivity contribution in [1.82, 2.24) is 0 Å². The predicted molar refractivity (Wildman–Crippen MR) is 147 cm³/mol. The quantitative estimate of drug-likeness (QED) is 0.234. The van der Waals surface area contributed by atoms with E-state index in [0.717, 1.165) is 42.2 Å². The molecule has 0 heterocycles. The third-order valence-electron chi connectivity index (χ3n) is 8.00. The van der Waals surface area contributed by atoms with Crippen LogP contribution in [0.1, 0.15) is 115 Å². The summed E-state index contributed by atoms with van der Waals surface area (Å²) in [6.07, 6.45) is 20.5. The lowest BCUT2D eigenvalue weighted by Gasteiger charge is -2.28. The van der Waals surface area contributed by atoms with Crippen LogP contribution in [0, 0.1) is 17.7 Å². The van der Waals surface area contributed by atoms with Gasteiger partial charge >= 0.3 is 0 Å². The maximum atomic E-state index is 15.2. The first-order valence-electron chi connectivity index (χ1n) is 14.2. The second-order valence-electron chi connectivity index (χ2n) is 10.7. The molecular weight excluding hydrogens is 439 g/mol. The molecule has 0 radical (unpaired) electrons. The summed E-state index contributed by atoms with van der Waals surface area (Å²) in [5, 5.41) is 0.325. The van der Waals surface area contributed by atoms with Crippen LogP contribution in [-0.2, 0) is 12.8 Å². The number of benzene rings is 2. The summed E-state index contributed by atoms with van der Waals surface area (Å²) in [6, 6.07) is 12.4. The summed E-state index contributed by atoms with van der Waals surface area (Å²) in [5.41, 5.74) is 3.85. The monoisotopic (exact) mass is 484 g/mol. The molecule has 0 bridgehead atoms. The molecule has 0 nitrogen and oxygen atoms in total. The molecule has 1 aliphatic carbocycles. The third kappa shape index (κ3) is 8.40. The molecule has 0 aromatic heterocycles. The maximum Gasteiger partial charge on any atom is 0.149 e. The second kappa shape index (κ2) is 14.9. The van der Waals surface area contributed by atoms with Crippen LogP contribution in [-0.4, -0.2) is 0 Å². The Morgan fingerprint density at radius 1 is 0.706 bits per heavy atom. The highest BCUT2D eigenvalue weighted by Crippen LogP contribution is 2.36. The number of rotatable bonds is 14. The molecule has 2 aromatic carbocycles. The fourth-order valence-corrected chi connectivity index (χ4v) is 5.90. The molecule has 0 spiro atoms. The molecule has 0 amide bonds. The Bertz CT molecular complexity index is 833. The van der Waals surface area contributed by atoms with Gasteiger partial charge in [0.05, 0.1) is 5.02 Å². The van der Waals surface area contributed by atoms with Gasteiger partial charge in [-0.25, -0.2) is 4.39 Å². The Kier molecular flexibility index (Phi) is 12.0. The van der Waals surface area contributed by atoms with Crippen LogP contribution in [0.5, 0.6) is 0 Å². The molecule has 0 atom stereocenters. The topological polar surface area (TPSA) is 0 Å². The molecule has 0 N–H and O–H groups in total. The van der Waals surface area contributed by atoms with E-state index in [1.54, 1.807) is 0 Å². The van der Waals surface area contributed by atoms with Crippen molar-refractivity contribution in [2.75, 3.05) is 0 Å². The van der Waals surface area contributed by atoms with Gasteiger partial charge in [0, 0.05) is 5.56 Å². The van der Waals surface area contributed by atoms with Crippen molar-refractivity contribution in [3.63, 3.8) is 0 Å². The molecule has 1 fully saturated rings. The first-order chi connectivity index (χ1) is 16.6. The maximum absolute atomic E-state index is 15.2. The van der Waals surface area contributed by atoms with E-state index in [9.17, 15) is 0 Å². The Balaban J connectivity index is 1.49. The third-order valence-corrected chi connectivity index (χ3v) is 8.41. The summed E-state index contributed by atoms with van der Waals surface area (Å²) in [6.45, 7) is 4.53. The lowest BCUT2D eigenvalue weighted by molar-refractivity contribution is 0.249. The van der Waals surface area contributed by atoms with Crippen molar-refractivity contribution in [2.45, 2.75) is 117 Å². The molecule has 0 unspecified atom stereocenters. The molecule has 0 saturated heterocycles. The fourth-order valence-electron chi connectivity index (χ4n) is 5.64. The normalized spacial score (nSPS) is 18.4. The summed E-state index contributed by atoms with van der Waals surface area (Å²) < 4.78 is 15.2. The van der Waals surface area contributed by atoms with Crippen LogP contribution < -0.4 is 0 Å². The molecule has 2 heteroatoms. The Hall–Kier alpha value is -1.34. The van der Waals surface area contributed by atoms with Crippen molar-refractivity contribution in [1.29, 1.82) is 0 Å². The highest BCUT2D eigenvalue weighted by molar-refractivity contribution is 6.31. The molecular formula is C32H46ClF. The first kappa shape index (κ1) is 27.3. The SMILES string of the molecule is CCCCCCCc1ccc(-c2ccc(CCC3CCC(CCCCC)CC3)c(Cl)c2F)cc1. The smallest absolute Gasteiger partial charge is 0.149 e. The van der Waals surface area contributed by atoms with E-state index in [1.165, 1.54) is 89.0 Å². The standard InChI is InChI=1S/C32H46ClF/c1-3-5-7-8-10-12-26-17-20-28(21-18-26)30-24-23-29(31(33)32(30)34)22-19-27-15-13-25(14-16-27)11-9-6-4-2/h17-18,20-21,23-25,27H,3-16,19,22H2,1-2H3. The van der Waals surface area contributed by atoms with Crippen LogP contribution in [0.25, 0.3) is 11.1 Å².